The van der Waals surface area contributed by atoms with Crippen LogP contribution >= 0.6 is 0 Å². The average Bonchev–Trinajstić information content (AvgIpc) is 2.94. The van der Waals surface area contributed by atoms with E-state index in [1.165, 1.54) is 12.1 Å². The Morgan fingerprint density at radius 3 is 2.59 bits per heavy atom. The van der Waals surface area contributed by atoms with Crippen LogP contribution in [-0.2, 0) is 6.54 Å². The lowest BCUT2D eigenvalue weighted by atomic mass is 9.95. The molecule has 2 amide bonds. The highest BCUT2D eigenvalue weighted by Crippen LogP contribution is 2.34. The van der Waals surface area contributed by atoms with Crippen molar-refractivity contribution in [3.63, 3.8) is 0 Å². The number of halogens is 1. The number of nitrogens with zero attached hydrogens (tertiary/aromatic N) is 1. The highest BCUT2D eigenvalue weighted by Gasteiger charge is 2.23. The SMILES string of the molecule is CCN(Cc1cccc(F)c1)C(=O)N[C@@H](c1ccc2c(c1)OCCCO2)C(C)C. The quantitative estimate of drug-likeness (QED) is 0.749. The van der Waals surface area contributed by atoms with E-state index in [9.17, 15) is 9.18 Å². The fraction of sp³-hybridized carbons (Fsp3) is 0.435. The minimum atomic E-state index is -0.300. The summed E-state index contributed by atoms with van der Waals surface area (Å²) in [6.07, 6.45) is 0.847. The number of amides is 2. The summed E-state index contributed by atoms with van der Waals surface area (Å²) in [6, 6.07) is 11.8. The number of rotatable bonds is 6. The average molecular weight is 400 g/mol. The maximum atomic E-state index is 13.5. The van der Waals surface area contributed by atoms with Crippen LogP contribution in [0.5, 0.6) is 11.5 Å². The van der Waals surface area contributed by atoms with Crippen molar-refractivity contribution in [2.45, 2.75) is 39.8 Å². The van der Waals surface area contributed by atoms with Crippen molar-refractivity contribution in [1.29, 1.82) is 0 Å². The van der Waals surface area contributed by atoms with Gasteiger partial charge in [0.25, 0.3) is 0 Å². The maximum Gasteiger partial charge on any atom is 0.318 e. The number of benzene rings is 2. The Kier molecular flexibility index (Phi) is 6.96. The second kappa shape index (κ2) is 9.63. The molecule has 0 aliphatic carbocycles. The first-order valence-corrected chi connectivity index (χ1v) is 10.2. The molecule has 156 valence electrons. The van der Waals surface area contributed by atoms with Crippen LogP contribution in [0.25, 0.3) is 0 Å². The van der Waals surface area contributed by atoms with E-state index >= 15 is 0 Å². The van der Waals surface area contributed by atoms with Gasteiger partial charge in [-0.1, -0.05) is 32.0 Å². The van der Waals surface area contributed by atoms with Gasteiger partial charge in [0.15, 0.2) is 11.5 Å². The molecule has 6 heteroatoms. The Labute approximate surface area is 171 Å². The van der Waals surface area contributed by atoms with E-state index in [4.69, 9.17) is 9.47 Å². The van der Waals surface area contributed by atoms with Gasteiger partial charge in [-0.25, -0.2) is 9.18 Å². The number of hydrogen-bond acceptors (Lipinski definition) is 3. The fourth-order valence-electron chi connectivity index (χ4n) is 3.42. The summed E-state index contributed by atoms with van der Waals surface area (Å²) in [5, 5.41) is 3.14. The van der Waals surface area contributed by atoms with Gasteiger partial charge in [0.2, 0.25) is 0 Å². The van der Waals surface area contributed by atoms with Crippen LogP contribution < -0.4 is 14.8 Å². The van der Waals surface area contributed by atoms with Crippen LogP contribution in [0.4, 0.5) is 9.18 Å². The fourth-order valence-corrected chi connectivity index (χ4v) is 3.42. The molecule has 0 saturated carbocycles. The Balaban J connectivity index is 1.75. The maximum absolute atomic E-state index is 13.5. The van der Waals surface area contributed by atoms with Gasteiger partial charge in [0, 0.05) is 19.5 Å². The molecule has 5 nitrogen and oxygen atoms in total. The molecule has 1 aliphatic heterocycles. The first kappa shape index (κ1) is 21.0. The van der Waals surface area contributed by atoms with Gasteiger partial charge in [0.05, 0.1) is 19.3 Å². The van der Waals surface area contributed by atoms with Gasteiger partial charge in [-0.2, -0.15) is 0 Å². The van der Waals surface area contributed by atoms with Gasteiger partial charge in [-0.05, 0) is 48.2 Å². The Morgan fingerprint density at radius 2 is 1.90 bits per heavy atom. The summed E-state index contributed by atoms with van der Waals surface area (Å²) in [5.74, 6) is 1.33. The van der Waals surface area contributed by atoms with Gasteiger partial charge in [0.1, 0.15) is 5.82 Å². The molecule has 2 aromatic carbocycles. The van der Waals surface area contributed by atoms with Gasteiger partial charge >= 0.3 is 6.03 Å². The molecule has 1 aliphatic rings. The minimum absolute atomic E-state index is 0.177. The Hall–Kier alpha value is -2.76. The summed E-state index contributed by atoms with van der Waals surface area (Å²) in [5.41, 5.74) is 1.73. The smallest absolute Gasteiger partial charge is 0.318 e. The number of urea groups is 1. The second-order valence-electron chi connectivity index (χ2n) is 7.57. The lowest BCUT2D eigenvalue weighted by Gasteiger charge is -2.28. The number of hydrogen-bond donors (Lipinski definition) is 1. The molecule has 0 unspecified atom stereocenters. The number of carbonyl (C=O) groups excluding carboxylic acids is 1. The highest BCUT2D eigenvalue weighted by atomic mass is 19.1. The molecule has 3 rings (SSSR count). The Bertz CT molecular complexity index is 841. The summed E-state index contributed by atoms with van der Waals surface area (Å²) < 4.78 is 25.0. The minimum Gasteiger partial charge on any atom is -0.490 e. The first-order valence-electron chi connectivity index (χ1n) is 10.2. The molecule has 0 aromatic heterocycles. The summed E-state index contributed by atoms with van der Waals surface area (Å²) in [7, 11) is 0. The number of fused-ring (bicyclic) bond motifs is 1. The summed E-state index contributed by atoms with van der Waals surface area (Å²) in [4.78, 5) is 14.6. The van der Waals surface area contributed by atoms with Crippen molar-refractivity contribution in [3.8, 4) is 11.5 Å². The topological polar surface area (TPSA) is 50.8 Å². The van der Waals surface area contributed by atoms with Crippen molar-refractivity contribution < 1.29 is 18.7 Å². The molecule has 1 heterocycles. The van der Waals surface area contributed by atoms with Crippen molar-refractivity contribution in [3.05, 3.63) is 59.4 Å². The molecule has 0 spiro atoms. The third-order valence-corrected chi connectivity index (χ3v) is 5.01. The molecular formula is C23H29FN2O3. The number of ether oxygens (including phenoxy) is 2. The van der Waals surface area contributed by atoms with Crippen molar-refractivity contribution >= 4 is 6.03 Å². The third kappa shape index (κ3) is 5.40. The highest BCUT2D eigenvalue weighted by molar-refractivity contribution is 5.74. The lowest BCUT2D eigenvalue weighted by Crippen LogP contribution is -2.42. The number of nitrogens with one attached hydrogen (secondary N) is 1. The largest absolute Gasteiger partial charge is 0.490 e. The zero-order valence-corrected chi connectivity index (χ0v) is 17.3. The molecule has 0 saturated heterocycles. The van der Waals surface area contributed by atoms with Crippen molar-refractivity contribution in [2.75, 3.05) is 19.8 Å². The van der Waals surface area contributed by atoms with Crippen LogP contribution in [0.3, 0.4) is 0 Å². The summed E-state index contributed by atoms with van der Waals surface area (Å²) in [6.45, 7) is 8.18. The molecule has 1 atom stereocenters. The van der Waals surface area contributed by atoms with E-state index in [1.54, 1.807) is 11.0 Å². The molecule has 1 N–H and O–H groups in total. The molecule has 0 fully saturated rings. The van der Waals surface area contributed by atoms with Gasteiger partial charge in [-0.15, -0.1) is 0 Å². The van der Waals surface area contributed by atoms with Crippen LogP contribution in [0.15, 0.2) is 42.5 Å². The van der Waals surface area contributed by atoms with E-state index in [-0.39, 0.29) is 23.8 Å². The molecular weight excluding hydrogens is 371 g/mol. The third-order valence-electron chi connectivity index (χ3n) is 5.01. The number of carbonyl (C=O) groups is 1. The monoisotopic (exact) mass is 400 g/mol. The molecule has 2 aromatic rings. The predicted molar refractivity (Wildman–Crippen MR) is 111 cm³/mol. The van der Waals surface area contributed by atoms with E-state index < -0.39 is 0 Å². The van der Waals surface area contributed by atoms with Crippen LogP contribution in [0.2, 0.25) is 0 Å². The molecule has 0 radical (unpaired) electrons. The molecule has 0 bridgehead atoms. The summed E-state index contributed by atoms with van der Waals surface area (Å²) >= 11 is 0. The zero-order chi connectivity index (χ0) is 20.8. The van der Waals surface area contributed by atoms with E-state index in [2.05, 4.69) is 19.2 Å². The van der Waals surface area contributed by atoms with Gasteiger partial charge in [-0.3, -0.25) is 0 Å². The van der Waals surface area contributed by atoms with E-state index in [0.717, 1.165) is 23.3 Å². The zero-order valence-electron chi connectivity index (χ0n) is 17.3. The standard InChI is InChI=1S/C23H29FN2O3/c1-4-26(15-17-7-5-8-19(24)13-17)23(27)25-22(16(2)3)18-9-10-20-21(14-18)29-12-6-11-28-20/h5,7-10,13-14,16,22H,4,6,11-12,15H2,1-3H3,(H,25,27)/t22-/m1/s1. The van der Waals surface area contributed by atoms with Gasteiger partial charge < -0.3 is 19.7 Å². The van der Waals surface area contributed by atoms with Crippen molar-refractivity contribution in [2.24, 2.45) is 5.92 Å². The van der Waals surface area contributed by atoms with E-state index in [1.807, 2.05) is 31.2 Å². The second-order valence-corrected chi connectivity index (χ2v) is 7.57. The molecule has 29 heavy (non-hydrogen) atoms. The normalized spacial score (nSPS) is 14.2. The Morgan fingerprint density at radius 1 is 1.14 bits per heavy atom. The van der Waals surface area contributed by atoms with E-state index in [0.29, 0.717) is 32.1 Å². The lowest BCUT2D eigenvalue weighted by molar-refractivity contribution is 0.190. The van der Waals surface area contributed by atoms with Crippen LogP contribution in [-0.4, -0.2) is 30.7 Å². The van der Waals surface area contributed by atoms with Crippen LogP contribution in [0.1, 0.15) is 44.4 Å². The van der Waals surface area contributed by atoms with Crippen LogP contribution in [0, 0.1) is 11.7 Å². The first-order chi connectivity index (χ1) is 14.0. The van der Waals surface area contributed by atoms with Crippen molar-refractivity contribution in [1.82, 2.24) is 10.2 Å². The predicted octanol–water partition coefficient (Wildman–Crippen LogP) is 4.92.